The summed E-state index contributed by atoms with van der Waals surface area (Å²) in [6.07, 6.45) is 0.714. The van der Waals surface area contributed by atoms with Crippen LogP contribution in [0.5, 0.6) is 5.75 Å². The fourth-order valence-electron chi connectivity index (χ4n) is 2.75. The Morgan fingerprint density at radius 2 is 1.87 bits per heavy atom. The fraction of sp³-hybridized carbons (Fsp3) is 0.316. The molecule has 120 valence electrons. The summed E-state index contributed by atoms with van der Waals surface area (Å²) in [7, 11) is 0. The first-order valence-electron chi connectivity index (χ1n) is 7.94. The molecule has 1 amide bonds. The van der Waals surface area contributed by atoms with Gasteiger partial charge in [0.1, 0.15) is 5.75 Å². The molecule has 0 radical (unpaired) electrons. The Morgan fingerprint density at radius 3 is 2.43 bits per heavy atom. The quantitative estimate of drug-likeness (QED) is 0.892. The van der Waals surface area contributed by atoms with E-state index in [1.54, 1.807) is 0 Å². The first-order chi connectivity index (χ1) is 11.2. The zero-order valence-corrected chi connectivity index (χ0v) is 13.2. The molecule has 1 fully saturated rings. The highest BCUT2D eigenvalue weighted by Crippen LogP contribution is 2.37. The van der Waals surface area contributed by atoms with Gasteiger partial charge in [0.2, 0.25) is 0 Å². The van der Waals surface area contributed by atoms with Crippen molar-refractivity contribution < 1.29 is 14.3 Å². The van der Waals surface area contributed by atoms with Crippen LogP contribution in [0.2, 0.25) is 0 Å². The van der Waals surface area contributed by atoms with Gasteiger partial charge in [0.05, 0.1) is 13.2 Å². The minimum Gasteiger partial charge on any atom is -0.494 e. The molecule has 4 heteroatoms. The van der Waals surface area contributed by atoms with Crippen LogP contribution in [0.15, 0.2) is 54.6 Å². The normalized spacial score (nSPS) is 19.7. The third kappa shape index (κ3) is 3.22. The molecule has 1 saturated heterocycles. The molecule has 1 unspecified atom stereocenters. The van der Waals surface area contributed by atoms with Gasteiger partial charge in [-0.1, -0.05) is 42.5 Å². The molecule has 3 rings (SSSR count). The summed E-state index contributed by atoms with van der Waals surface area (Å²) >= 11 is 0. The minimum absolute atomic E-state index is 0.0798. The first-order valence-corrected chi connectivity index (χ1v) is 7.94. The van der Waals surface area contributed by atoms with Crippen LogP contribution in [-0.4, -0.2) is 19.1 Å². The lowest BCUT2D eigenvalue weighted by molar-refractivity contribution is -0.180. The minimum atomic E-state index is -0.827. The number of hydrogen-bond donors (Lipinski definition) is 1. The largest absolute Gasteiger partial charge is 0.494 e. The third-order valence-electron chi connectivity index (χ3n) is 4.10. The van der Waals surface area contributed by atoms with Gasteiger partial charge in [0, 0.05) is 13.0 Å². The molecule has 1 heterocycles. The second kappa shape index (κ2) is 6.84. The summed E-state index contributed by atoms with van der Waals surface area (Å²) in [5.41, 5.74) is 1.12. The van der Waals surface area contributed by atoms with E-state index in [0.717, 1.165) is 16.9 Å². The summed E-state index contributed by atoms with van der Waals surface area (Å²) in [5, 5.41) is 2.99. The standard InChI is InChI=1S/C19H21NO3/c1-2-22-17-10-8-15(9-11-17)14-20-18(21)19(12-13-23-19)16-6-4-3-5-7-16/h3-11H,2,12-14H2,1H3,(H,20,21). The zero-order chi connectivity index (χ0) is 16.1. The maximum atomic E-state index is 12.6. The lowest BCUT2D eigenvalue weighted by Crippen LogP contribution is -2.53. The maximum absolute atomic E-state index is 12.6. The highest BCUT2D eigenvalue weighted by Gasteiger charge is 2.47. The van der Waals surface area contributed by atoms with E-state index in [2.05, 4.69) is 5.32 Å². The number of benzene rings is 2. The second-order valence-corrected chi connectivity index (χ2v) is 5.55. The number of rotatable bonds is 6. The van der Waals surface area contributed by atoms with Crippen molar-refractivity contribution in [2.24, 2.45) is 0 Å². The Labute approximate surface area is 136 Å². The molecule has 2 aromatic rings. The summed E-state index contributed by atoms with van der Waals surface area (Å²) < 4.78 is 11.1. The summed E-state index contributed by atoms with van der Waals surface area (Å²) in [6, 6.07) is 17.4. The molecule has 0 spiro atoms. The van der Waals surface area contributed by atoms with Crippen LogP contribution in [-0.2, 0) is 21.7 Å². The first kappa shape index (κ1) is 15.6. The Bertz CT molecular complexity index is 648. The van der Waals surface area contributed by atoms with Gasteiger partial charge in [-0.2, -0.15) is 0 Å². The van der Waals surface area contributed by atoms with Gasteiger partial charge >= 0.3 is 0 Å². The van der Waals surface area contributed by atoms with E-state index in [1.807, 2.05) is 61.5 Å². The maximum Gasteiger partial charge on any atom is 0.257 e. The van der Waals surface area contributed by atoms with Crippen LogP contribution in [0.25, 0.3) is 0 Å². The number of hydrogen-bond acceptors (Lipinski definition) is 3. The molecule has 0 aliphatic carbocycles. The highest BCUT2D eigenvalue weighted by molar-refractivity contribution is 5.87. The third-order valence-corrected chi connectivity index (χ3v) is 4.10. The molecular formula is C19H21NO3. The van der Waals surface area contributed by atoms with E-state index < -0.39 is 5.60 Å². The Hall–Kier alpha value is -2.33. The van der Waals surface area contributed by atoms with Crippen LogP contribution in [0.1, 0.15) is 24.5 Å². The number of amides is 1. The van der Waals surface area contributed by atoms with Crippen LogP contribution >= 0.6 is 0 Å². The molecule has 1 aliphatic heterocycles. The summed E-state index contributed by atoms with van der Waals surface area (Å²) in [5.74, 6) is 0.759. The zero-order valence-electron chi connectivity index (χ0n) is 13.2. The van der Waals surface area contributed by atoms with E-state index in [0.29, 0.717) is 26.2 Å². The van der Waals surface area contributed by atoms with Crippen molar-refractivity contribution in [3.8, 4) is 5.75 Å². The number of carbonyl (C=O) groups excluding carboxylic acids is 1. The van der Waals surface area contributed by atoms with E-state index in [4.69, 9.17) is 9.47 Å². The van der Waals surface area contributed by atoms with Crippen LogP contribution in [0.3, 0.4) is 0 Å². The van der Waals surface area contributed by atoms with Crippen LogP contribution < -0.4 is 10.1 Å². The van der Waals surface area contributed by atoms with Crippen molar-refractivity contribution in [3.05, 3.63) is 65.7 Å². The molecule has 0 aromatic heterocycles. The van der Waals surface area contributed by atoms with E-state index >= 15 is 0 Å². The Balaban J connectivity index is 1.64. The smallest absolute Gasteiger partial charge is 0.257 e. The Morgan fingerprint density at radius 1 is 1.17 bits per heavy atom. The van der Waals surface area contributed by atoms with Crippen LogP contribution in [0.4, 0.5) is 0 Å². The van der Waals surface area contributed by atoms with Crippen molar-refractivity contribution in [1.82, 2.24) is 5.32 Å². The van der Waals surface area contributed by atoms with E-state index in [1.165, 1.54) is 0 Å². The predicted octanol–water partition coefficient (Wildman–Crippen LogP) is 3.02. The van der Waals surface area contributed by atoms with Crippen molar-refractivity contribution >= 4 is 5.91 Å². The van der Waals surface area contributed by atoms with Gasteiger partial charge < -0.3 is 14.8 Å². The molecular weight excluding hydrogens is 290 g/mol. The van der Waals surface area contributed by atoms with E-state index in [-0.39, 0.29) is 5.91 Å². The molecule has 2 aromatic carbocycles. The number of carbonyl (C=O) groups is 1. The molecule has 1 N–H and O–H groups in total. The van der Waals surface area contributed by atoms with Crippen molar-refractivity contribution in [3.63, 3.8) is 0 Å². The topological polar surface area (TPSA) is 47.6 Å². The van der Waals surface area contributed by atoms with Crippen molar-refractivity contribution in [2.75, 3.05) is 13.2 Å². The molecule has 1 aliphatic rings. The molecule has 4 nitrogen and oxygen atoms in total. The van der Waals surface area contributed by atoms with Crippen LogP contribution in [0, 0.1) is 0 Å². The molecule has 23 heavy (non-hydrogen) atoms. The van der Waals surface area contributed by atoms with E-state index in [9.17, 15) is 4.79 Å². The summed E-state index contributed by atoms with van der Waals surface area (Å²) in [4.78, 5) is 12.6. The SMILES string of the molecule is CCOc1ccc(CNC(=O)C2(c3ccccc3)CCO2)cc1. The summed E-state index contributed by atoms with van der Waals surface area (Å²) in [6.45, 7) is 3.69. The number of nitrogens with one attached hydrogen (secondary N) is 1. The monoisotopic (exact) mass is 311 g/mol. The fourth-order valence-corrected chi connectivity index (χ4v) is 2.75. The van der Waals surface area contributed by atoms with Crippen molar-refractivity contribution in [2.45, 2.75) is 25.5 Å². The lowest BCUT2D eigenvalue weighted by Gasteiger charge is -2.40. The second-order valence-electron chi connectivity index (χ2n) is 5.55. The van der Waals surface area contributed by atoms with Gasteiger partial charge in [-0.25, -0.2) is 0 Å². The highest BCUT2D eigenvalue weighted by atomic mass is 16.5. The molecule has 0 bridgehead atoms. The molecule has 0 saturated carbocycles. The van der Waals surface area contributed by atoms with Gasteiger partial charge in [0.25, 0.3) is 5.91 Å². The van der Waals surface area contributed by atoms with Gasteiger partial charge in [-0.15, -0.1) is 0 Å². The average Bonchev–Trinajstić information content (AvgIpc) is 2.54. The van der Waals surface area contributed by atoms with Gasteiger partial charge in [-0.05, 0) is 30.2 Å². The average molecular weight is 311 g/mol. The molecule has 1 atom stereocenters. The predicted molar refractivity (Wildman–Crippen MR) is 88.1 cm³/mol. The lowest BCUT2D eigenvalue weighted by atomic mass is 9.85. The Kier molecular flexibility index (Phi) is 4.63. The number of ether oxygens (including phenoxy) is 2. The van der Waals surface area contributed by atoms with Crippen molar-refractivity contribution in [1.29, 1.82) is 0 Å². The van der Waals surface area contributed by atoms with Gasteiger partial charge in [-0.3, -0.25) is 4.79 Å². The van der Waals surface area contributed by atoms with Gasteiger partial charge in [0.15, 0.2) is 5.60 Å².